The summed E-state index contributed by atoms with van der Waals surface area (Å²) >= 11 is 9.08. The summed E-state index contributed by atoms with van der Waals surface area (Å²) in [5.74, 6) is -1.53. The monoisotopic (exact) mass is 372 g/mol. The third kappa shape index (κ3) is 3.56. The molecule has 0 atom stereocenters. The SMILES string of the molecule is O=C(Nc1ccc(Br)c(Cl)c1)c1cc(F)ccc1[N+](=O)[O-]. The first kappa shape index (κ1) is 15.4. The van der Waals surface area contributed by atoms with Crippen LogP contribution in [-0.4, -0.2) is 10.8 Å². The van der Waals surface area contributed by atoms with Gasteiger partial charge in [0, 0.05) is 16.2 Å². The Labute approximate surface area is 132 Å². The van der Waals surface area contributed by atoms with Gasteiger partial charge in [-0.05, 0) is 46.3 Å². The van der Waals surface area contributed by atoms with Crippen LogP contribution in [0.25, 0.3) is 0 Å². The number of benzene rings is 2. The molecule has 0 aliphatic heterocycles. The van der Waals surface area contributed by atoms with Crippen LogP contribution in [0.3, 0.4) is 0 Å². The van der Waals surface area contributed by atoms with Crippen LogP contribution >= 0.6 is 27.5 Å². The Morgan fingerprint density at radius 1 is 1.29 bits per heavy atom. The number of nitrogens with one attached hydrogen (secondary N) is 1. The van der Waals surface area contributed by atoms with Crippen LogP contribution in [0.2, 0.25) is 5.02 Å². The van der Waals surface area contributed by atoms with Crippen molar-refractivity contribution in [1.29, 1.82) is 0 Å². The maximum atomic E-state index is 13.2. The zero-order chi connectivity index (χ0) is 15.6. The number of nitro groups is 1. The smallest absolute Gasteiger partial charge is 0.282 e. The van der Waals surface area contributed by atoms with Crippen molar-refractivity contribution in [2.24, 2.45) is 0 Å². The number of nitro benzene ring substituents is 1. The van der Waals surface area contributed by atoms with E-state index in [0.717, 1.165) is 18.2 Å². The molecule has 0 saturated heterocycles. The summed E-state index contributed by atoms with van der Waals surface area (Å²) in [7, 11) is 0. The van der Waals surface area contributed by atoms with Crippen molar-refractivity contribution in [1.82, 2.24) is 0 Å². The van der Waals surface area contributed by atoms with Gasteiger partial charge in [0.15, 0.2) is 0 Å². The molecule has 0 aliphatic carbocycles. The highest BCUT2D eigenvalue weighted by molar-refractivity contribution is 9.10. The van der Waals surface area contributed by atoms with E-state index in [0.29, 0.717) is 15.2 Å². The minimum atomic E-state index is -0.792. The summed E-state index contributed by atoms with van der Waals surface area (Å²) in [4.78, 5) is 22.2. The van der Waals surface area contributed by atoms with Crippen LogP contribution in [0, 0.1) is 15.9 Å². The third-order valence-electron chi connectivity index (χ3n) is 2.58. The van der Waals surface area contributed by atoms with Gasteiger partial charge < -0.3 is 5.32 Å². The maximum Gasteiger partial charge on any atom is 0.282 e. The second-order valence-corrected chi connectivity index (χ2v) is 5.26. The van der Waals surface area contributed by atoms with Crippen molar-refractivity contribution in [2.45, 2.75) is 0 Å². The van der Waals surface area contributed by atoms with Gasteiger partial charge in [-0.2, -0.15) is 0 Å². The van der Waals surface area contributed by atoms with Crippen LogP contribution in [-0.2, 0) is 0 Å². The average molecular weight is 374 g/mol. The number of hydrogen-bond acceptors (Lipinski definition) is 3. The van der Waals surface area contributed by atoms with Crippen molar-refractivity contribution in [2.75, 3.05) is 5.32 Å². The number of halogens is 3. The van der Waals surface area contributed by atoms with Crippen LogP contribution in [0.15, 0.2) is 40.9 Å². The number of anilines is 1. The highest BCUT2D eigenvalue weighted by Crippen LogP contribution is 2.26. The fourth-order valence-electron chi connectivity index (χ4n) is 1.62. The largest absolute Gasteiger partial charge is 0.322 e. The molecular weight excluding hydrogens is 367 g/mol. The molecule has 8 heteroatoms. The van der Waals surface area contributed by atoms with E-state index in [1.54, 1.807) is 12.1 Å². The van der Waals surface area contributed by atoms with Crippen molar-refractivity contribution >= 4 is 44.8 Å². The normalized spacial score (nSPS) is 10.2. The molecule has 1 N–H and O–H groups in total. The number of rotatable bonds is 3. The first-order valence-corrected chi connectivity index (χ1v) is 6.76. The molecule has 0 aromatic heterocycles. The van der Waals surface area contributed by atoms with E-state index < -0.39 is 22.3 Å². The highest BCUT2D eigenvalue weighted by atomic mass is 79.9. The number of amides is 1. The molecule has 0 saturated carbocycles. The lowest BCUT2D eigenvalue weighted by Gasteiger charge is -2.07. The Balaban J connectivity index is 2.34. The number of carbonyl (C=O) groups excluding carboxylic acids is 1. The van der Waals surface area contributed by atoms with E-state index in [1.807, 2.05) is 0 Å². The van der Waals surface area contributed by atoms with Gasteiger partial charge in [0.2, 0.25) is 0 Å². The molecule has 0 heterocycles. The standard InChI is InChI=1S/C13H7BrClFN2O3/c14-10-3-2-8(6-11(10)15)17-13(19)9-5-7(16)1-4-12(9)18(20)21/h1-6H,(H,17,19). The van der Waals surface area contributed by atoms with Gasteiger partial charge in [-0.25, -0.2) is 4.39 Å². The minimum Gasteiger partial charge on any atom is -0.322 e. The fraction of sp³-hybridized carbons (Fsp3) is 0. The molecule has 2 aromatic rings. The molecule has 2 aromatic carbocycles. The predicted molar refractivity (Wildman–Crippen MR) is 80.2 cm³/mol. The molecule has 21 heavy (non-hydrogen) atoms. The Morgan fingerprint density at radius 2 is 2.00 bits per heavy atom. The summed E-state index contributed by atoms with van der Waals surface area (Å²) in [5, 5.41) is 13.7. The predicted octanol–water partition coefficient (Wildman–Crippen LogP) is 4.40. The van der Waals surface area contributed by atoms with Crippen LogP contribution in [0.1, 0.15) is 10.4 Å². The lowest BCUT2D eigenvalue weighted by atomic mass is 10.1. The maximum absolute atomic E-state index is 13.2. The Morgan fingerprint density at radius 3 is 2.62 bits per heavy atom. The molecule has 2 rings (SSSR count). The van der Waals surface area contributed by atoms with E-state index in [1.165, 1.54) is 6.07 Å². The first-order valence-electron chi connectivity index (χ1n) is 5.59. The van der Waals surface area contributed by atoms with Crippen LogP contribution < -0.4 is 5.32 Å². The summed E-state index contributed by atoms with van der Waals surface area (Å²) in [6, 6.07) is 7.31. The number of hydrogen-bond donors (Lipinski definition) is 1. The zero-order valence-corrected chi connectivity index (χ0v) is 12.6. The molecule has 0 spiro atoms. The van der Waals surface area contributed by atoms with Crippen molar-refractivity contribution in [3.63, 3.8) is 0 Å². The van der Waals surface area contributed by atoms with E-state index in [9.17, 15) is 19.3 Å². The number of carbonyl (C=O) groups is 1. The van der Waals surface area contributed by atoms with Crippen LogP contribution in [0.5, 0.6) is 0 Å². The minimum absolute atomic E-state index is 0.340. The molecule has 0 unspecified atom stereocenters. The average Bonchev–Trinajstić information content (AvgIpc) is 2.42. The second-order valence-electron chi connectivity index (χ2n) is 4.00. The molecular formula is C13H7BrClFN2O3. The van der Waals surface area contributed by atoms with Crippen molar-refractivity contribution in [3.8, 4) is 0 Å². The van der Waals surface area contributed by atoms with E-state index in [2.05, 4.69) is 21.2 Å². The second kappa shape index (κ2) is 6.19. The summed E-state index contributed by atoms with van der Waals surface area (Å²) in [6.07, 6.45) is 0. The lowest BCUT2D eigenvalue weighted by Crippen LogP contribution is -2.14. The number of nitrogens with zero attached hydrogens (tertiary/aromatic N) is 1. The Bertz CT molecular complexity index is 739. The van der Waals surface area contributed by atoms with E-state index in [-0.39, 0.29) is 5.56 Å². The zero-order valence-electron chi connectivity index (χ0n) is 10.3. The summed E-state index contributed by atoms with van der Waals surface area (Å²) < 4.78 is 13.8. The molecule has 0 bridgehead atoms. The van der Waals surface area contributed by atoms with E-state index in [4.69, 9.17) is 11.6 Å². The quantitative estimate of drug-likeness (QED) is 0.640. The van der Waals surface area contributed by atoms with Gasteiger partial charge in [-0.3, -0.25) is 14.9 Å². The van der Waals surface area contributed by atoms with Gasteiger partial charge in [0.05, 0.1) is 9.95 Å². The molecule has 0 radical (unpaired) electrons. The van der Waals surface area contributed by atoms with Crippen molar-refractivity contribution in [3.05, 3.63) is 67.4 Å². The molecule has 5 nitrogen and oxygen atoms in total. The van der Waals surface area contributed by atoms with Gasteiger partial charge in [0.1, 0.15) is 11.4 Å². The highest BCUT2D eigenvalue weighted by Gasteiger charge is 2.21. The molecule has 1 amide bonds. The van der Waals surface area contributed by atoms with Crippen LogP contribution in [0.4, 0.5) is 15.8 Å². The molecule has 108 valence electrons. The molecule has 0 fully saturated rings. The first-order chi connectivity index (χ1) is 9.88. The lowest BCUT2D eigenvalue weighted by molar-refractivity contribution is -0.385. The topological polar surface area (TPSA) is 72.2 Å². The van der Waals surface area contributed by atoms with Gasteiger partial charge >= 0.3 is 0 Å². The van der Waals surface area contributed by atoms with Gasteiger partial charge in [-0.15, -0.1) is 0 Å². The van der Waals surface area contributed by atoms with Gasteiger partial charge in [0.25, 0.3) is 11.6 Å². The van der Waals surface area contributed by atoms with Gasteiger partial charge in [-0.1, -0.05) is 11.6 Å². The fourth-order valence-corrected chi connectivity index (χ4v) is 2.05. The van der Waals surface area contributed by atoms with E-state index >= 15 is 0 Å². The van der Waals surface area contributed by atoms with Crippen molar-refractivity contribution < 1.29 is 14.1 Å². The molecule has 0 aliphatic rings. The summed E-state index contributed by atoms with van der Waals surface area (Å²) in [5.41, 5.74) is -0.497. The Kier molecular flexibility index (Phi) is 4.54. The Hall–Kier alpha value is -1.99. The third-order valence-corrected chi connectivity index (χ3v) is 3.81. The summed E-state index contributed by atoms with van der Waals surface area (Å²) in [6.45, 7) is 0.